The molecular formula is C15H11ClN3Pt+. The summed E-state index contributed by atoms with van der Waals surface area (Å²) in [6, 6.07) is 17.5. The van der Waals surface area contributed by atoms with E-state index in [2.05, 4.69) is 15.0 Å². The van der Waals surface area contributed by atoms with Crippen LogP contribution in [-0.2, 0) is 21.1 Å². The van der Waals surface area contributed by atoms with Gasteiger partial charge >= 0.3 is 21.1 Å². The molecule has 5 heteroatoms. The summed E-state index contributed by atoms with van der Waals surface area (Å²) >= 11 is 0. The number of rotatable bonds is 2. The van der Waals surface area contributed by atoms with Gasteiger partial charge in [0.05, 0.1) is 22.8 Å². The first-order valence-corrected chi connectivity index (χ1v) is 5.73. The second-order valence-electron chi connectivity index (χ2n) is 3.84. The van der Waals surface area contributed by atoms with Crippen LogP contribution in [0, 0.1) is 0 Å². The summed E-state index contributed by atoms with van der Waals surface area (Å²) in [7, 11) is 0. The molecule has 0 radical (unpaired) electrons. The molecule has 3 aromatic rings. The number of pyridine rings is 3. The van der Waals surface area contributed by atoms with Gasteiger partial charge < -0.3 is 12.4 Å². The molecule has 0 spiro atoms. The van der Waals surface area contributed by atoms with Crippen molar-refractivity contribution in [1.82, 2.24) is 15.0 Å². The van der Waals surface area contributed by atoms with E-state index in [-0.39, 0.29) is 33.5 Å². The van der Waals surface area contributed by atoms with E-state index >= 15 is 0 Å². The van der Waals surface area contributed by atoms with Crippen LogP contribution in [0.4, 0.5) is 0 Å². The number of halogens is 1. The van der Waals surface area contributed by atoms with Gasteiger partial charge in [0.1, 0.15) is 0 Å². The molecule has 0 aromatic carbocycles. The molecule has 3 heterocycles. The third-order valence-corrected chi connectivity index (χ3v) is 2.60. The molecule has 0 atom stereocenters. The van der Waals surface area contributed by atoms with Crippen molar-refractivity contribution < 1.29 is 33.5 Å². The molecule has 0 unspecified atom stereocenters. The van der Waals surface area contributed by atoms with Crippen LogP contribution in [0.1, 0.15) is 0 Å². The monoisotopic (exact) mass is 463 g/mol. The number of hydrogen-bond acceptors (Lipinski definition) is 3. The Bertz CT molecular complexity index is 593. The maximum Gasteiger partial charge on any atom is 2.00 e. The van der Waals surface area contributed by atoms with Gasteiger partial charge in [-0.3, -0.25) is 9.97 Å². The molecule has 0 N–H and O–H groups in total. The summed E-state index contributed by atoms with van der Waals surface area (Å²) in [5, 5.41) is 0. The minimum atomic E-state index is 0. The Hall–Kier alpha value is -1.57. The van der Waals surface area contributed by atoms with Crippen molar-refractivity contribution in [1.29, 1.82) is 0 Å². The van der Waals surface area contributed by atoms with Crippen LogP contribution in [0.15, 0.2) is 67.0 Å². The summed E-state index contributed by atoms with van der Waals surface area (Å²) in [4.78, 5) is 13.2. The van der Waals surface area contributed by atoms with Crippen LogP contribution >= 0.6 is 0 Å². The van der Waals surface area contributed by atoms with Gasteiger partial charge in [-0.2, -0.15) is 0 Å². The van der Waals surface area contributed by atoms with E-state index < -0.39 is 0 Å². The van der Waals surface area contributed by atoms with Gasteiger partial charge in [-0.15, -0.1) is 0 Å². The van der Waals surface area contributed by atoms with Gasteiger partial charge in [0.15, 0.2) is 0 Å². The zero-order valence-electron chi connectivity index (χ0n) is 10.4. The molecular weight excluding hydrogens is 453 g/mol. The van der Waals surface area contributed by atoms with E-state index in [1.807, 2.05) is 54.6 Å². The van der Waals surface area contributed by atoms with Crippen molar-refractivity contribution in [2.24, 2.45) is 0 Å². The maximum atomic E-state index is 4.59. The largest absolute Gasteiger partial charge is 2.00 e. The van der Waals surface area contributed by atoms with Gasteiger partial charge in [0.25, 0.3) is 0 Å². The Morgan fingerprint density at radius 3 is 1.40 bits per heavy atom. The van der Waals surface area contributed by atoms with Crippen molar-refractivity contribution in [2.75, 3.05) is 0 Å². The molecule has 0 aliphatic carbocycles. The Morgan fingerprint density at radius 1 is 0.550 bits per heavy atom. The van der Waals surface area contributed by atoms with Crippen LogP contribution in [0.5, 0.6) is 0 Å². The Balaban J connectivity index is 0.000001000. The summed E-state index contributed by atoms with van der Waals surface area (Å²) in [5.74, 6) is 0. The number of aromatic nitrogens is 3. The molecule has 3 rings (SSSR count). The van der Waals surface area contributed by atoms with Crippen LogP contribution in [0.2, 0.25) is 0 Å². The summed E-state index contributed by atoms with van der Waals surface area (Å²) < 4.78 is 0. The molecule has 0 saturated carbocycles. The van der Waals surface area contributed by atoms with Crippen molar-refractivity contribution in [2.45, 2.75) is 0 Å². The SMILES string of the molecule is [Cl-].[Pt+2].c1ccc(-c2cccc(-c3ccccn3)n2)nc1. The van der Waals surface area contributed by atoms with Crippen molar-refractivity contribution in [3.05, 3.63) is 67.0 Å². The first-order valence-electron chi connectivity index (χ1n) is 5.73. The van der Waals surface area contributed by atoms with Crippen LogP contribution in [-0.4, -0.2) is 15.0 Å². The van der Waals surface area contributed by atoms with Gasteiger partial charge in [-0.05, 0) is 36.4 Å². The Labute approximate surface area is 138 Å². The van der Waals surface area contributed by atoms with Gasteiger partial charge in [-0.1, -0.05) is 18.2 Å². The molecule has 0 bridgehead atoms. The van der Waals surface area contributed by atoms with Crippen LogP contribution in [0.25, 0.3) is 22.8 Å². The summed E-state index contributed by atoms with van der Waals surface area (Å²) in [6.07, 6.45) is 3.54. The van der Waals surface area contributed by atoms with E-state index in [0.29, 0.717) is 0 Å². The average molecular weight is 464 g/mol. The van der Waals surface area contributed by atoms with Crippen molar-refractivity contribution >= 4 is 0 Å². The fourth-order valence-electron chi connectivity index (χ4n) is 1.75. The molecule has 0 amide bonds. The zero-order chi connectivity index (χ0) is 12.2. The molecule has 3 aromatic heterocycles. The second-order valence-corrected chi connectivity index (χ2v) is 3.84. The Kier molecular flexibility index (Phi) is 6.50. The van der Waals surface area contributed by atoms with Crippen LogP contribution < -0.4 is 12.4 Å². The number of hydrogen-bond donors (Lipinski definition) is 0. The molecule has 0 saturated heterocycles. The number of nitrogens with zero attached hydrogens (tertiary/aromatic N) is 3. The zero-order valence-corrected chi connectivity index (χ0v) is 13.4. The first-order chi connectivity index (χ1) is 8.93. The fourth-order valence-corrected chi connectivity index (χ4v) is 1.75. The first kappa shape index (κ1) is 16.5. The standard InChI is InChI=1S/C15H11N3.ClH.Pt/c1-3-10-16-12(6-1)14-8-5-9-15(18-14)13-7-2-4-11-17-13;;/h1-11H;1H;/q;;+2/p-1. The van der Waals surface area contributed by atoms with E-state index in [1.54, 1.807) is 12.4 Å². The normalized spacial score (nSPS) is 9.20. The van der Waals surface area contributed by atoms with E-state index in [0.717, 1.165) is 22.8 Å². The van der Waals surface area contributed by atoms with E-state index in [1.165, 1.54) is 0 Å². The molecule has 0 aliphatic heterocycles. The quantitative estimate of drug-likeness (QED) is 0.545. The predicted molar refractivity (Wildman–Crippen MR) is 70.7 cm³/mol. The fraction of sp³-hybridized carbons (Fsp3) is 0. The third kappa shape index (κ3) is 3.72. The topological polar surface area (TPSA) is 38.7 Å². The molecule has 20 heavy (non-hydrogen) atoms. The molecule has 0 aliphatic rings. The molecule has 3 nitrogen and oxygen atoms in total. The summed E-state index contributed by atoms with van der Waals surface area (Å²) in [5.41, 5.74) is 3.46. The predicted octanol–water partition coefficient (Wildman–Crippen LogP) is 0.207. The van der Waals surface area contributed by atoms with Crippen LogP contribution in [0.3, 0.4) is 0 Å². The Morgan fingerprint density at radius 2 is 1.00 bits per heavy atom. The minimum absolute atomic E-state index is 0. The van der Waals surface area contributed by atoms with Gasteiger partial charge in [-0.25, -0.2) is 4.98 Å². The van der Waals surface area contributed by atoms with E-state index in [9.17, 15) is 0 Å². The van der Waals surface area contributed by atoms with E-state index in [4.69, 9.17) is 0 Å². The molecule has 0 fully saturated rings. The third-order valence-electron chi connectivity index (χ3n) is 2.60. The van der Waals surface area contributed by atoms with Gasteiger partial charge in [0, 0.05) is 12.4 Å². The summed E-state index contributed by atoms with van der Waals surface area (Å²) in [6.45, 7) is 0. The van der Waals surface area contributed by atoms with Crippen molar-refractivity contribution in [3.63, 3.8) is 0 Å². The van der Waals surface area contributed by atoms with Gasteiger partial charge in [0.2, 0.25) is 0 Å². The minimum Gasteiger partial charge on any atom is -1.00 e. The smallest absolute Gasteiger partial charge is 1.00 e. The van der Waals surface area contributed by atoms with Crippen molar-refractivity contribution in [3.8, 4) is 22.8 Å². The maximum absolute atomic E-state index is 4.59. The average Bonchev–Trinajstić information content (AvgIpc) is 2.49. The second kappa shape index (κ2) is 7.88. The molecule has 102 valence electrons.